The molecule has 2 N–H and O–H groups in total. The monoisotopic (exact) mass is 258 g/mol. The maximum absolute atomic E-state index is 11.9. The zero-order valence-electron chi connectivity index (χ0n) is 10.5. The second kappa shape index (κ2) is 4.77. The van der Waals surface area contributed by atoms with Crippen LogP contribution in [-0.2, 0) is 4.79 Å². The molecule has 2 aromatic rings. The number of nitrogens with one attached hydrogen (secondary N) is 2. The molecule has 1 aliphatic heterocycles. The first-order chi connectivity index (χ1) is 9.24. The van der Waals surface area contributed by atoms with Crippen LogP contribution in [0.25, 0.3) is 5.69 Å². The number of carbonyl (C=O) groups is 1. The summed E-state index contributed by atoms with van der Waals surface area (Å²) in [6.07, 6.45) is 1.53. The molecule has 1 saturated heterocycles. The Kier molecular flexibility index (Phi) is 2.96. The van der Waals surface area contributed by atoms with Gasteiger partial charge in [0.2, 0.25) is 5.91 Å². The van der Waals surface area contributed by atoms with E-state index in [2.05, 4.69) is 26.2 Å². The van der Waals surface area contributed by atoms with Crippen LogP contribution >= 0.6 is 0 Å². The molecule has 98 valence electrons. The molecule has 0 aliphatic carbocycles. The van der Waals surface area contributed by atoms with E-state index in [0.717, 1.165) is 30.0 Å². The van der Waals surface area contributed by atoms with E-state index in [9.17, 15) is 4.79 Å². The Morgan fingerprint density at radius 1 is 1.47 bits per heavy atom. The third-order valence-corrected chi connectivity index (χ3v) is 3.22. The fourth-order valence-electron chi connectivity index (χ4n) is 1.92. The van der Waals surface area contributed by atoms with Gasteiger partial charge in [0, 0.05) is 18.8 Å². The van der Waals surface area contributed by atoms with Gasteiger partial charge in [0.05, 0.1) is 11.6 Å². The molecule has 7 heteroatoms. The van der Waals surface area contributed by atoms with E-state index in [0.29, 0.717) is 0 Å². The number of carbonyl (C=O) groups excluding carboxylic acids is 1. The minimum Gasteiger partial charge on any atom is -0.326 e. The van der Waals surface area contributed by atoms with Crippen LogP contribution in [0.1, 0.15) is 5.56 Å². The number of rotatable bonds is 3. The smallest absolute Gasteiger partial charge is 0.230 e. The van der Waals surface area contributed by atoms with Crippen LogP contribution in [-0.4, -0.2) is 39.2 Å². The number of hydrogen-bond donors (Lipinski definition) is 2. The summed E-state index contributed by atoms with van der Waals surface area (Å²) in [5.41, 5.74) is 2.65. The van der Waals surface area contributed by atoms with Crippen molar-refractivity contribution < 1.29 is 4.79 Å². The van der Waals surface area contributed by atoms with E-state index < -0.39 is 0 Å². The number of nitrogens with zero attached hydrogens (tertiary/aromatic N) is 4. The highest BCUT2D eigenvalue weighted by Gasteiger charge is 2.24. The van der Waals surface area contributed by atoms with Crippen LogP contribution in [0.5, 0.6) is 0 Å². The zero-order valence-corrected chi connectivity index (χ0v) is 10.5. The van der Waals surface area contributed by atoms with Gasteiger partial charge in [-0.25, -0.2) is 4.68 Å². The van der Waals surface area contributed by atoms with E-state index in [-0.39, 0.29) is 11.8 Å². The van der Waals surface area contributed by atoms with Crippen molar-refractivity contribution in [3.8, 4) is 5.69 Å². The molecule has 0 radical (unpaired) electrons. The number of aryl methyl sites for hydroxylation is 1. The van der Waals surface area contributed by atoms with Crippen molar-refractivity contribution in [3.63, 3.8) is 0 Å². The first-order valence-electron chi connectivity index (χ1n) is 6.09. The largest absolute Gasteiger partial charge is 0.326 e. The number of amides is 1. The molecule has 1 fully saturated rings. The van der Waals surface area contributed by atoms with Gasteiger partial charge in [0.15, 0.2) is 0 Å². The van der Waals surface area contributed by atoms with Gasteiger partial charge in [0.25, 0.3) is 0 Å². The summed E-state index contributed by atoms with van der Waals surface area (Å²) in [6.45, 7) is 3.47. The fourth-order valence-corrected chi connectivity index (χ4v) is 1.92. The molecule has 1 aromatic carbocycles. The molecule has 1 aliphatic rings. The average Bonchev–Trinajstić information content (AvgIpc) is 2.82. The quantitative estimate of drug-likeness (QED) is 0.817. The lowest BCUT2D eigenvalue weighted by atomic mass is 10.0. The van der Waals surface area contributed by atoms with Crippen molar-refractivity contribution in [2.75, 3.05) is 18.4 Å². The summed E-state index contributed by atoms with van der Waals surface area (Å²) in [5.74, 6) is 0.114. The van der Waals surface area contributed by atoms with Crippen molar-refractivity contribution in [1.29, 1.82) is 0 Å². The molecule has 3 rings (SSSR count). The number of anilines is 1. The topological polar surface area (TPSA) is 84.7 Å². The van der Waals surface area contributed by atoms with Gasteiger partial charge in [0.1, 0.15) is 6.33 Å². The lowest BCUT2D eigenvalue weighted by Gasteiger charge is -2.25. The zero-order chi connectivity index (χ0) is 13.2. The fraction of sp³-hybridized carbons (Fsp3) is 0.333. The lowest BCUT2D eigenvalue weighted by Crippen LogP contribution is -2.48. The molecule has 1 aromatic heterocycles. The summed E-state index contributed by atoms with van der Waals surface area (Å²) in [5, 5.41) is 17.1. The van der Waals surface area contributed by atoms with Crippen molar-refractivity contribution in [2.45, 2.75) is 6.92 Å². The van der Waals surface area contributed by atoms with E-state index in [1.807, 2.05) is 25.1 Å². The van der Waals surface area contributed by atoms with Gasteiger partial charge in [-0.05, 0) is 35.0 Å². The Morgan fingerprint density at radius 2 is 2.32 bits per heavy atom. The normalized spacial score (nSPS) is 15.0. The second-order valence-corrected chi connectivity index (χ2v) is 4.60. The molecule has 1 amide bonds. The van der Waals surface area contributed by atoms with Crippen LogP contribution in [0, 0.1) is 12.8 Å². The summed E-state index contributed by atoms with van der Waals surface area (Å²) in [7, 11) is 0. The van der Waals surface area contributed by atoms with E-state index in [4.69, 9.17) is 0 Å². The van der Waals surface area contributed by atoms with Gasteiger partial charge < -0.3 is 10.6 Å². The van der Waals surface area contributed by atoms with Crippen molar-refractivity contribution in [3.05, 3.63) is 30.1 Å². The minimum atomic E-state index is 0.0465. The Balaban J connectivity index is 1.83. The van der Waals surface area contributed by atoms with Crippen LogP contribution in [0.2, 0.25) is 0 Å². The van der Waals surface area contributed by atoms with Crippen molar-refractivity contribution >= 4 is 11.6 Å². The molecule has 0 spiro atoms. The molecule has 0 atom stereocenters. The number of tetrazole rings is 1. The van der Waals surface area contributed by atoms with Crippen LogP contribution in [0.3, 0.4) is 0 Å². The third kappa shape index (κ3) is 2.32. The lowest BCUT2D eigenvalue weighted by molar-refractivity contribution is -0.121. The molecular weight excluding hydrogens is 244 g/mol. The minimum absolute atomic E-state index is 0.0465. The predicted octanol–water partition coefficient (Wildman–Crippen LogP) is 0.129. The highest BCUT2D eigenvalue weighted by molar-refractivity contribution is 5.93. The maximum Gasteiger partial charge on any atom is 0.230 e. The molecule has 2 heterocycles. The summed E-state index contributed by atoms with van der Waals surface area (Å²) in [6, 6.07) is 5.69. The predicted molar refractivity (Wildman–Crippen MR) is 68.9 cm³/mol. The number of hydrogen-bond acceptors (Lipinski definition) is 5. The SMILES string of the molecule is Cc1ccc(NC(=O)C2CNC2)cc1-n1cnnn1. The Bertz CT molecular complexity index is 590. The van der Waals surface area contributed by atoms with E-state index in [1.54, 1.807) is 4.68 Å². The third-order valence-electron chi connectivity index (χ3n) is 3.22. The average molecular weight is 258 g/mol. The molecule has 19 heavy (non-hydrogen) atoms. The number of aromatic nitrogens is 4. The highest BCUT2D eigenvalue weighted by Crippen LogP contribution is 2.19. The standard InChI is InChI=1S/C12H14N6O/c1-8-2-3-10(15-12(19)9-5-13-6-9)4-11(8)18-7-14-16-17-18/h2-4,7,9,13H,5-6H2,1H3,(H,15,19). The first-order valence-corrected chi connectivity index (χ1v) is 6.09. The summed E-state index contributed by atoms with van der Waals surface area (Å²) in [4.78, 5) is 11.9. The molecular formula is C12H14N6O. The second-order valence-electron chi connectivity index (χ2n) is 4.60. The Morgan fingerprint density at radius 3 is 2.95 bits per heavy atom. The summed E-state index contributed by atoms with van der Waals surface area (Å²) < 4.78 is 1.58. The van der Waals surface area contributed by atoms with Gasteiger partial charge in [-0.3, -0.25) is 4.79 Å². The Labute approximate surface area is 110 Å². The van der Waals surface area contributed by atoms with Gasteiger partial charge in [-0.2, -0.15) is 0 Å². The van der Waals surface area contributed by atoms with Gasteiger partial charge in [-0.1, -0.05) is 6.07 Å². The van der Waals surface area contributed by atoms with Crippen molar-refractivity contribution in [2.24, 2.45) is 5.92 Å². The number of benzene rings is 1. The van der Waals surface area contributed by atoms with Crippen LogP contribution < -0.4 is 10.6 Å². The molecule has 0 unspecified atom stereocenters. The molecule has 0 saturated carbocycles. The van der Waals surface area contributed by atoms with Crippen molar-refractivity contribution in [1.82, 2.24) is 25.5 Å². The van der Waals surface area contributed by atoms with Gasteiger partial charge in [-0.15, -0.1) is 5.10 Å². The maximum atomic E-state index is 11.9. The van der Waals surface area contributed by atoms with Crippen LogP contribution in [0.15, 0.2) is 24.5 Å². The Hall–Kier alpha value is -2.28. The van der Waals surface area contributed by atoms with E-state index in [1.165, 1.54) is 6.33 Å². The first kappa shape index (κ1) is 11.8. The molecule has 7 nitrogen and oxygen atoms in total. The van der Waals surface area contributed by atoms with Gasteiger partial charge >= 0.3 is 0 Å². The highest BCUT2D eigenvalue weighted by atomic mass is 16.2. The van der Waals surface area contributed by atoms with E-state index >= 15 is 0 Å². The molecule has 0 bridgehead atoms. The van der Waals surface area contributed by atoms with Crippen LogP contribution in [0.4, 0.5) is 5.69 Å². The summed E-state index contributed by atoms with van der Waals surface area (Å²) >= 11 is 0.